The van der Waals surface area contributed by atoms with Crippen LogP contribution in [0.2, 0.25) is 0 Å². The highest BCUT2D eigenvalue weighted by atomic mass is 127. The maximum Gasteiger partial charge on any atom is 0.189 e. The van der Waals surface area contributed by atoms with E-state index >= 15 is 0 Å². The van der Waals surface area contributed by atoms with Gasteiger partial charge < -0.3 is 10.6 Å². The number of nitrogens with zero attached hydrogens (tertiary/aromatic N) is 4. The Bertz CT molecular complexity index is 694. The lowest BCUT2D eigenvalue weighted by Gasteiger charge is -2.08. The third-order valence-electron chi connectivity index (χ3n) is 2.90. The van der Waals surface area contributed by atoms with Gasteiger partial charge in [0.25, 0.3) is 0 Å². The van der Waals surface area contributed by atoms with E-state index in [1.807, 2.05) is 32.4 Å². The monoisotopic (exact) mass is 654 g/mol. The van der Waals surface area contributed by atoms with Crippen molar-refractivity contribution in [2.45, 2.75) is 38.0 Å². The summed E-state index contributed by atoms with van der Waals surface area (Å²) >= 11 is 7.01. The van der Waals surface area contributed by atoms with E-state index in [0.29, 0.717) is 0 Å². The molecule has 2 heterocycles. The lowest BCUT2D eigenvalue weighted by atomic mass is 10.4. The first kappa shape index (κ1) is 27.2. The maximum atomic E-state index is 4.61. The van der Waals surface area contributed by atoms with Gasteiger partial charge in [-0.25, -0.2) is 19.9 Å². The third-order valence-corrected chi connectivity index (χ3v) is 5.28. The predicted octanol–water partition coefficient (Wildman–Crippen LogP) is 6.06. The van der Waals surface area contributed by atoms with Crippen molar-refractivity contribution in [3.63, 3.8) is 0 Å². The molecular weight excluding hydrogens is 630 g/mol. The highest BCUT2D eigenvalue weighted by Gasteiger charge is 2.07. The van der Waals surface area contributed by atoms with Crippen LogP contribution in [0.15, 0.2) is 16.4 Å². The van der Waals surface area contributed by atoms with Crippen LogP contribution in [-0.2, 0) is 0 Å². The number of rotatable bonds is 6. The molecule has 0 aromatic carbocycles. The molecule has 0 fully saturated rings. The van der Waals surface area contributed by atoms with Crippen LogP contribution in [0.5, 0.6) is 0 Å². The number of hydrogen-bond donors (Lipinski definition) is 2. The molecule has 0 aliphatic rings. The molecule has 2 rings (SSSR count). The van der Waals surface area contributed by atoms with E-state index in [0.717, 1.165) is 50.0 Å². The number of aromatic nitrogens is 4. The van der Waals surface area contributed by atoms with Crippen LogP contribution in [-0.4, -0.2) is 45.5 Å². The molecule has 0 saturated carbocycles. The molecule has 0 amide bonds. The van der Waals surface area contributed by atoms with Crippen molar-refractivity contribution in [3.05, 3.63) is 21.0 Å². The summed E-state index contributed by atoms with van der Waals surface area (Å²) in [4.78, 5) is 17.2. The third kappa shape index (κ3) is 10.5. The zero-order chi connectivity index (χ0) is 20.8. The van der Waals surface area contributed by atoms with Crippen molar-refractivity contribution in [2.75, 3.05) is 36.2 Å². The smallest absolute Gasteiger partial charge is 0.189 e. The van der Waals surface area contributed by atoms with Crippen molar-refractivity contribution in [1.29, 1.82) is 0 Å². The minimum atomic E-state index is 0.825. The fourth-order valence-electron chi connectivity index (χ4n) is 1.81. The second-order valence-electron chi connectivity index (χ2n) is 4.90. The molecule has 2 aromatic rings. The molecule has 0 atom stereocenters. The number of anilines is 2. The summed E-state index contributed by atoms with van der Waals surface area (Å²) in [7, 11) is 4.61. The largest absolute Gasteiger partial charge is 0.370 e. The molecule has 0 spiro atoms. The lowest BCUT2D eigenvalue weighted by molar-refractivity contribution is 0.919. The van der Waals surface area contributed by atoms with Gasteiger partial charge in [-0.15, -0.1) is 0 Å². The van der Waals surface area contributed by atoms with Crippen molar-refractivity contribution in [2.24, 2.45) is 0 Å². The number of hydrogen-bond acceptors (Lipinski definition) is 8. The van der Waals surface area contributed by atoms with E-state index in [9.17, 15) is 0 Å². The molecule has 0 bridgehead atoms. The molecule has 0 aliphatic carbocycles. The Kier molecular flexibility index (Phi) is 16.2. The summed E-state index contributed by atoms with van der Waals surface area (Å²) in [5.41, 5.74) is 2.04. The standard InChI is InChI=1S/C8H12IN3S.C8H13N3S.ClI/c1-4-10-7-6(9)5(2)11-8(12-7)13-3;1-4-9-7-5-6(2)10-8(11-7)12-3;1-2/h4H2,1-3H3,(H,10,11,12);5H,4H2,1-3H3,(H,9,10,11);. The normalized spacial score (nSPS) is 9.52. The van der Waals surface area contributed by atoms with Gasteiger partial charge in [0, 0.05) is 46.3 Å². The second kappa shape index (κ2) is 16.1. The Balaban J connectivity index is 0.000000460. The predicted molar refractivity (Wildman–Crippen MR) is 138 cm³/mol. The summed E-state index contributed by atoms with van der Waals surface area (Å²) in [5.74, 6) is 1.86. The molecule has 6 nitrogen and oxygen atoms in total. The Hall–Kier alpha value is 0.210. The van der Waals surface area contributed by atoms with Gasteiger partial charge in [0.2, 0.25) is 0 Å². The molecule has 2 aromatic heterocycles. The minimum absolute atomic E-state index is 0.825. The molecular formula is C16H25ClI2N6S2. The fraction of sp³-hybridized carbons (Fsp3) is 0.500. The van der Waals surface area contributed by atoms with Crippen LogP contribution in [0.4, 0.5) is 11.6 Å². The molecule has 152 valence electrons. The van der Waals surface area contributed by atoms with Crippen LogP contribution < -0.4 is 10.6 Å². The summed E-state index contributed by atoms with van der Waals surface area (Å²) in [6.07, 6.45) is 3.96. The Morgan fingerprint density at radius 3 is 2.00 bits per heavy atom. The molecule has 0 unspecified atom stereocenters. The topological polar surface area (TPSA) is 75.6 Å². The summed E-state index contributed by atoms with van der Waals surface area (Å²) in [5, 5.41) is 8.03. The van der Waals surface area contributed by atoms with E-state index in [4.69, 9.17) is 0 Å². The number of nitrogens with one attached hydrogen (secondary N) is 2. The van der Waals surface area contributed by atoms with Gasteiger partial charge >= 0.3 is 0 Å². The van der Waals surface area contributed by atoms with Gasteiger partial charge in [-0.05, 0) is 71.7 Å². The van der Waals surface area contributed by atoms with E-state index in [1.54, 1.807) is 45.0 Å². The zero-order valence-corrected chi connectivity index (χ0v) is 22.9. The fourth-order valence-corrected chi connectivity index (χ4v) is 3.08. The first-order chi connectivity index (χ1) is 12.9. The highest BCUT2D eigenvalue weighted by Crippen LogP contribution is 2.21. The number of halogens is 3. The van der Waals surface area contributed by atoms with Gasteiger partial charge in [0.15, 0.2) is 10.3 Å². The molecule has 0 aliphatic heterocycles. The van der Waals surface area contributed by atoms with Gasteiger partial charge in [0.05, 0.1) is 9.26 Å². The number of thioether (sulfide) groups is 2. The van der Waals surface area contributed by atoms with Crippen LogP contribution >= 0.6 is 76.5 Å². The Labute approximate surface area is 201 Å². The van der Waals surface area contributed by atoms with Crippen LogP contribution in [0.1, 0.15) is 25.2 Å². The highest BCUT2D eigenvalue weighted by molar-refractivity contribution is 14.1. The van der Waals surface area contributed by atoms with Gasteiger partial charge in [-0.1, -0.05) is 23.5 Å². The van der Waals surface area contributed by atoms with Crippen molar-refractivity contribution < 1.29 is 0 Å². The van der Waals surface area contributed by atoms with Crippen LogP contribution in [0.25, 0.3) is 0 Å². The van der Waals surface area contributed by atoms with E-state index in [-0.39, 0.29) is 0 Å². The molecule has 0 radical (unpaired) electrons. The van der Waals surface area contributed by atoms with Gasteiger partial charge in [0.1, 0.15) is 11.6 Å². The average Bonchev–Trinajstić information content (AvgIpc) is 2.67. The second-order valence-corrected chi connectivity index (χ2v) is 7.53. The van der Waals surface area contributed by atoms with Gasteiger partial charge in [-0.2, -0.15) is 0 Å². The van der Waals surface area contributed by atoms with E-state index < -0.39 is 0 Å². The van der Waals surface area contributed by atoms with E-state index in [2.05, 4.69) is 75.9 Å². The maximum absolute atomic E-state index is 4.61. The Morgan fingerprint density at radius 2 is 1.48 bits per heavy atom. The van der Waals surface area contributed by atoms with E-state index in [1.165, 1.54) is 0 Å². The first-order valence-corrected chi connectivity index (χ1v) is 14.3. The van der Waals surface area contributed by atoms with Crippen molar-refractivity contribution >= 4 is 88.1 Å². The molecule has 11 heteroatoms. The quantitative estimate of drug-likeness (QED) is 0.222. The summed E-state index contributed by atoms with van der Waals surface area (Å²) in [6.45, 7) is 9.87. The molecule has 2 N–H and O–H groups in total. The summed E-state index contributed by atoms with van der Waals surface area (Å²) < 4.78 is 1.11. The van der Waals surface area contributed by atoms with Crippen LogP contribution in [0, 0.1) is 17.4 Å². The molecule has 0 saturated heterocycles. The SMILES string of the molecule is CCNc1cc(C)nc(SC)n1.CCNc1nc(SC)nc(C)c1I.ClI. The van der Waals surface area contributed by atoms with Gasteiger partial charge in [-0.3, -0.25) is 0 Å². The van der Waals surface area contributed by atoms with Crippen LogP contribution in [0.3, 0.4) is 0 Å². The number of aryl methyl sites for hydroxylation is 2. The lowest BCUT2D eigenvalue weighted by Crippen LogP contribution is -2.05. The zero-order valence-electron chi connectivity index (χ0n) is 16.2. The first-order valence-electron chi connectivity index (χ1n) is 8.04. The van der Waals surface area contributed by atoms with Crippen molar-refractivity contribution in [1.82, 2.24) is 19.9 Å². The Morgan fingerprint density at radius 1 is 0.926 bits per heavy atom. The average molecular weight is 655 g/mol. The van der Waals surface area contributed by atoms with Crippen molar-refractivity contribution in [3.8, 4) is 0 Å². The minimum Gasteiger partial charge on any atom is -0.370 e. The summed E-state index contributed by atoms with van der Waals surface area (Å²) in [6, 6.07) is 1.95. The molecule has 27 heavy (non-hydrogen) atoms.